The summed E-state index contributed by atoms with van der Waals surface area (Å²) in [7, 11) is 1.56. The molecule has 3 heteroatoms. The summed E-state index contributed by atoms with van der Waals surface area (Å²) in [5.41, 5.74) is 0. The summed E-state index contributed by atoms with van der Waals surface area (Å²) in [4.78, 5) is 0. The lowest BCUT2D eigenvalue weighted by Crippen LogP contribution is -2.48. The van der Waals surface area contributed by atoms with Gasteiger partial charge in [-0.2, -0.15) is 0 Å². The van der Waals surface area contributed by atoms with Gasteiger partial charge in [0.2, 0.25) is 0 Å². The van der Waals surface area contributed by atoms with Crippen LogP contribution < -0.4 is 0 Å². The highest BCUT2D eigenvalue weighted by atomic mass is 16.7. The van der Waals surface area contributed by atoms with Crippen molar-refractivity contribution in [3.8, 4) is 0 Å². The number of aliphatic hydroxyl groups excluding tert-OH is 1. The number of hydrogen-bond donors (Lipinski definition) is 1. The van der Waals surface area contributed by atoms with E-state index in [0.717, 1.165) is 0 Å². The van der Waals surface area contributed by atoms with Crippen LogP contribution in [0.5, 0.6) is 0 Å². The van der Waals surface area contributed by atoms with Crippen LogP contribution in [-0.2, 0) is 9.47 Å². The Kier molecular flexibility index (Phi) is 3.09. The van der Waals surface area contributed by atoms with Gasteiger partial charge in [-0.15, -0.1) is 0 Å². The standard InChI is InChI=1S/C9H18O3/c1-5-6(2)8(10)9(11-4)12-7(5)3/h5-10H,1-4H3/t5-,6-,7?,8?,9-/m1/s1. The Bertz CT molecular complexity index is 144. The van der Waals surface area contributed by atoms with Gasteiger partial charge in [0.05, 0.1) is 6.10 Å². The molecular weight excluding hydrogens is 156 g/mol. The van der Waals surface area contributed by atoms with Crippen LogP contribution in [0.25, 0.3) is 0 Å². The van der Waals surface area contributed by atoms with Crippen molar-refractivity contribution in [1.29, 1.82) is 0 Å². The maximum absolute atomic E-state index is 9.68. The van der Waals surface area contributed by atoms with E-state index in [1.54, 1.807) is 7.11 Å². The van der Waals surface area contributed by atoms with E-state index in [-0.39, 0.29) is 12.0 Å². The van der Waals surface area contributed by atoms with Gasteiger partial charge in [0, 0.05) is 7.11 Å². The predicted molar refractivity (Wildman–Crippen MR) is 45.7 cm³/mol. The van der Waals surface area contributed by atoms with Gasteiger partial charge in [-0.25, -0.2) is 0 Å². The normalized spacial score (nSPS) is 49.2. The van der Waals surface area contributed by atoms with Crippen molar-refractivity contribution in [2.24, 2.45) is 11.8 Å². The molecule has 0 amide bonds. The first-order valence-electron chi connectivity index (χ1n) is 4.44. The van der Waals surface area contributed by atoms with E-state index in [4.69, 9.17) is 9.47 Å². The molecule has 1 fully saturated rings. The van der Waals surface area contributed by atoms with E-state index < -0.39 is 12.4 Å². The van der Waals surface area contributed by atoms with Crippen LogP contribution in [0.15, 0.2) is 0 Å². The van der Waals surface area contributed by atoms with E-state index in [1.165, 1.54) is 0 Å². The van der Waals surface area contributed by atoms with Gasteiger partial charge in [-0.3, -0.25) is 0 Å². The topological polar surface area (TPSA) is 38.7 Å². The SMILES string of the molecule is CO[C@@H]1OC(C)[C@H](C)[C@@H](C)C1O. The van der Waals surface area contributed by atoms with Crippen molar-refractivity contribution in [2.75, 3.05) is 7.11 Å². The second-order valence-electron chi connectivity index (χ2n) is 3.65. The second-order valence-corrected chi connectivity index (χ2v) is 3.65. The zero-order valence-electron chi connectivity index (χ0n) is 8.15. The summed E-state index contributed by atoms with van der Waals surface area (Å²) < 4.78 is 10.5. The van der Waals surface area contributed by atoms with Crippen molar-refractivity contribution >= 4 is 0 Å². The lowest BCUT2D eigenvalue weighted by atomic mass is 9.84. The molecule has 5 atom stereocenters. The number of rotatable bonds is 1. The molecule has 0 aromatic rings. The highest BCUT2D eigenvalue weighted by Gasteiger charge is 2.38. The molecule has 0 aliphatic carbocycles. The van der Waals surface area contributed by atoms with Gasteiger partial charge in [0.25, 0.3) is 0 Å². The minimum atomic E-state index is -0.499. The lowest BCUT2D eigenvalue weighted by molar-refractivity contribution is -0.256. The molecule has 0 bridgehead atoms. The van der Waals surface area contributed by atoms with Gasteiger partial charge >= 0.3 is 0 Å². The third-order valence-electron chi connectivity index (χ3n) is 2.97. The minimum Gasteiger partial charge on any atom is -0.388 e. The van der Waals surface area contributed by atoms with Crippen LogP contribution in [0.4, 0.5) is 0 Å². The molecule has 1 rings (SSSR count). The van der Waals surface area contributed by atoms with Gasteiger partial charge < -0.3 is 14.6 Å². The van der Waals surface area contributed by atoms with Gasteiger partial charge in [0.1, 0.15) is 6.10 Å². The Morgan fingerprint density at radius 1 is 1.17 bits per heavy atom. The summed E-state index contributed by atoms with van der Waals surface area (Å²) in [5.74, 6) is 0.616. The molecule has 1 aliphatic heterocycles. The molecule has 0 aromatic carbocycles. The molecule has 1 saturated heterocycles. The molecule has 1 heterocycles. The van der Waals surface area contributed by atoms with Crippen molar-refractivity contribution < 1.29 is 14.6 Å². The van der Waals surface area contributed by atoms with Crippen LogP contribution >= 0.6 is 0 Å². The molecule has 0 spiro atoms. The van der Waals surface area contributed by atoms with E-state index in [2.05, 4.69) is 6.92 Å². The van der Waals surface area contributed by atoms with E-state index in [1.807, 2.05) is 13.8 Å². The molecule has 0 aromatic heterocycles. The minimum absolute atomic E-state index is 0.161. The van der Waals surface area contributed by atoms with Gasteiger partial charge in [-0.1, -0.05) is 13.8 Å². The summed E-state index contributed by atoms with van der Waals surface area (Å²) >= 11 is 0. The number of hydrogen-bond acceptors (Lipinski definition) is 3. The monoisotopic (exact) mass is 174 g/mol. The van der Waals surface area contributed by atoms with Crippen LogP contribution in [0.3, 0.4) is 0 Å². The number of ether oxygens (including phenoxy) is 2. The predicted octanol–water partition coefficient (Wildman–Crippen LogP) is 1.01. The maximum Gasteiger partial charge on any atom is 0.183 e. The number of aliphatic hydroxyl groups is 1. The van der Waals surface area contributed by atoms with E-state index in [9.17, 15) is 5.11 Å². The molecule has 12 heavy (non-hydrogen) atoms. The molecule has 0 saturated carbocycles. The van der Waals surface area contributed by atoms with Crippen molar-refractivity contribution in [3.05, 3.63) is 0 Å². The fourth-order valence-electron chi connectivity index (χ4n) is 1.60. The third kappa shape index (κ3) is 1.63. The Labute approximate surface area is 73.7 Å². The van der Waals surface area contributed by atoms with Crippen LogP contribution in [0.1, 0.15) is 20.8 Å². The summed E-state index contributed by atoms with van der Waals surface area (Å²) in [5, 5.41) is 9.68. The van der Waals surface area contributed by atoms with Crippen LogP contribution in [0.2, 0.25) is 0 Å². The third-order valence-corrected chi connectivity index (χ3v) is 2.97. The largest absolute Gasteiger partial charge is 0.388 e. The summed E-state index contributed by atoms with van der Waals surface area (Å²) in [6.07, 6.45) is -0.791. The lowest BCUT2D eigenvalue weighted by Gasteiger charge is -2.40. The highest BCUT2D eigenvalue weighted by molar-refractivity contribution is 4.82. The molecule has 3 nitrogen and oxygen atoms in total. The molecule has 2 unspecified atom stereocenters. The van der Waals surface area contributed by atoms with Gasteiger partial charge in [-0.05, 0) is 18.8 Å². The van der Waals surface area contributed by atoms with E-state index >= 15 is 0 Å². The van der Waals surface area contributed by atoms with E-state index in [0.29, 0.717) is 5.92 Å². The Morgan fingerprint density at radius 3 is 2.25 bits per heavy atom. The van der Waals surface area contributed by atoms with Crippen LogP contribution in [0, 0.1) is 11.8 Å². The smallest absolute Gasteiger partial charge is 0.183 e. The molecular formula is C9H18O3. The Morgan fingerprint density at radius 2 is 1.75 bits per heavy atom. The van der Waals surface area contributed by atoms with Crippen molar-refractivity contribution in [1.82, 2.24) is 0 Å². The van der Waals surface area contributed by atoms with Crippen LogP contribution in [-0.4, -0.2) is 30.7 Å². The zero-order chi connectivity index (χ0) is 9.30. The highest BCUT2D eigenvalue weighted by Crippen LogP contribution is 2.30. The van der Waals surface area contributed by atoms with Crippen molar-refractivity contribution in [2.45, 2.75) is 39.3 Å². The first-order valence-corrected chi connectivity index (χ1v) is 4.44. The Balaban J connectivity index is 2.63. The molecule has 1 aliphatic rings. The molecule has 1 N–H and O–H groups in total. The fourth-order valence-corrected chi connectivity index (χ4v) is 1.60. The molecule has 0 radical (unpaired) electrons. The average Bonchev–Trinajstić information content (AvgIpc) is 2.08. The average molecular weight is 174 g/mol. The maximum atomic E-state index is 9.68. The summed E-state index contributed by atoms with van der Waals surface area (Å²) in [6.45, 7) is 6.13. The van der Waals surface area contributed by atoms with Gasteiger partial charge in [0.15, 0.2) is 6.29 Å². The Hall–Kier alpha value is -0.120. The molecule has 72 valence electrons. The number of methoxy groups -OCH3 is 1. The first-order chi connectivity index (χ1) is 5.57. The quantitative estimate of drug-likeness (QED) is 0.644. The van der Waals surface area contributed by atoms with Crippen molar-refractivity contribution in [3.63, 3.8) is 0 Å². The zero-order valence-corrected chi connectivity index (χ0v) is 8.15. The second kappa shape index (κ2) is 3.73. The summed E-state index contributed by atoms with van der Waals surface area (Å²) in [6, 6.07) is 0. The fraction of sp³-hybridized carbons (Fsp3) is 1.00. The first kappa shape index (κ1) is 9.96.